The van der Waals surface area contributed by atoms with Crippen LogP contribution in [0.15, 0.2) is 36.4 Å². The highest BCUT2D eigenvalue weighted by atomic mass is 16.5. The van der Waals surface area contributed by atoms with Crippen molar-refractivity contribution in [1.29, 1.82) is 0 Å². The minimum Gasteiger partial charge on any atom is -0.366 e. The van der Waals surface area contributed by atoms with Gasteiger partial charge in [-0.1, -0.05) is 69.7 Å². The Hall–Kier alpha value is -1.64. The van der Waals surface area contributed by atoms with Gasteiger partial charge in [0.1, 0.15) is 0 Å². The average molecular weight is 393 g/mol. The second kappa shape index (κ2) is 7.56. The van der Waals surface area contributed by atoms with Gasteiger partial charge in [-0.3, -0.25) is 0 Å². The Balaban J connectivity index is 1.51. The van der Waals surface area contributed by atoms with E-state index in [4.69, 9.17) is 9.47 Å². The molecule has 0 spiro atoms. The molecular formula is C27H36O2. The van der Waals surface area contributed by atoms with Gasteiger partial charge in [0, 0.05) is 0 Å². The van der Waals surface area contributed by atoms with Gasteiger partial charge in [0.2, 0.25) is 0 Å². The van der Waals surface area contributed by atoms with Crippen LogP contribution in [0.25, 0.3) is 0 Å². The van der Waals surface area contributed by atoms with Crippen molar-refractivity contribution in [3.63, 3.8) is 0 Å². The first-order valence-corrected chi connectivity index (χ1v) is 11.2. The predicted molar refractivity (Wildman–Crippen MR) is 119 cm³/mol. The number of aryl methyl sites for hydroxylation is 2. The van der Waals surface area contributed by atoms with Crippen LogP contribution >= 0.6 is 0 Å². The number of ether oxygens (including phenoxy) is 2. The van der Waals surface area contributed by atoms with Crippen LogP contribution < -0.4 is 0 Å². The molecule has 156 valence electrons. The maximum Gasteiger partial charge on any atom is 0.0885 e. The largest absolute Gasteiger partial charge is 0.366 e. The van der Waals surface area contributed by atoms with Crippen molar-refractivity contribution >= 4 is 0 Å². The highest BCUT2D eigenvalue weighted by Crippen LogP contribution is 2.51. The van der Waals surface area contributed by atoms with Gasteiger partial charge >= 0.3 is 0 Å². The highest BCUT2D eigenvalue weighted by molar-refractivity contribution is 5.41. The zero-order valence-corrected chi connectivity index (χ0v) is 19.1. The van der Waals surface area contributed by atoms with Crippen LogP contribution in [0.1, 0.15) is 105 Å². The first kappa shape index (κ1) is 20.6. The lowest BCUT2D eigenvalue weighted by atomic mass is 9.83. The van der Waals surface area contributed by atoms with Gasteiger partial charge in [-0.25, -0.2) is 0 Å². The summed E-state index contributed by atoms with van der Waals surface area (Å²) in [4.78, 5) is 0. The molecular weight excluding hydrogens is 356 g/mol. The second-order valence-electron chi connectivity index (χ2n) is 10.3. The second-order valence-corrected chi connectivity index (χ2v) is 10.3. The third-order valence-corrected chi connectivity index (χ3v) is 6.78. The van der Waals surface area contributed by atoms with Crippen molar-refractivity contribution in [2.75, 3.05) is 0 Å². The van der Waals surface area contributed by atoms with Gasteiger partial charge < -0.3 is 9.47 Å². The molecule has 5 atom stereocenters. The summed E-state index contributed by atoms with van der Waals surface area (Å²) < 4.78 is 13.0. The van der Waals surface area contributed by atoms with Crippen LogP contribution in [0, 0.1) is 25.2 Å². The lowest BCUT2D eigenvalue weighted by Gasteiger charge is -2.28. The first-order valence-electron chi connectivity index (χ1n) is 11.2. The van der Waals surface area contributed by atoms with E-state index < -0.39 is 0 Å². The van der Waals surface area contributed by atoms with Gasteiger partial charge in [-0.05, 0) is 72.8 Å². The summed E-state index contributed by atoms with van der Waals surface area (Å²) in [5.41, 5.74) is 8.33. The van der Waals surface area contributed by atoms with E-state index in [9.17, 15) is 0 Å². The maximum absolute atomic E-state index is 6.63. The van der Waals surface area contributed by atoms with E-state index in [0.29, 0.717) is 5.92 Å². The molecule has 0 saturated carbocycles. The molecule has 2 aliphatic rings. The molecule has 0 bridgehead atoms. The van der Waals surface area contributed by atoms with Crippen LogP contribution in [-0.2, 0) is 9.47 Å². The summed E-state index contributed by atoms with van der Waals surface area (Å²) in [6.07, 6.45) is 2.88. The molecule has 2 aromatic carbocycles. The van der Waals surface area contributed by atoms with Gasteiger partial charge in [-0.2, -0.15) is 0 Å². The topological polar surface area (TPSA) is 18.5 Å². The number of rotatable bonds is 4. The van der Waals surface area contributed by atoms with Gasteiger partial charge in [0.15, 0.2) is 0 Å². The minimum absolute atomic E-state index is 0.102. The molecule has 0 amide bonds. The molecule has 29 heavy (non-hydrogen) atoms. The van der Waals surface area contributed by atoms with E-state index in [1.54, 1.807) is 0 Å². The van der Waals surface area contributed by atoms with E-state index >= 15 is 0 Å². The van der Waals surface area contributed by atoms with E-state index in [0.717, 1.165) is 12.8 Å². The molecule has 2 aliphatic heterocycles. The Morgan fingerprint density at radius 2 is 1.72 bits per heavy atom. The third kappa shape index (κ3) is 3.78. The third-order valence-electron chi connectivity index (χ3n) is 6.78. The molecule has 0 aromatic heterocycles. The van der Waals surface area contributed by atoms with Crippen molar-refractivity contribution in [2.24, 2.45) is 11.3 Å². The van der Waals surface area contributed by atoms with Gasteiger partial charge in [-0.15, -0.1) is 0 Å². The molecule has 2 heterocycles. The van der Waals surface area contributed by atoms with Gasteiger partial charge in [0.25, 0.3) is 0 Å². The molecule has 0 saturated heterocycles. The van der Waals surface area contributed by atoms with Crippen LogP contribution in [0.2, 0.25) is 0 Å². The summed E-state index contributed by atoms with van der Waals surface area (Å²) in [6.45, 7) is 15.7. The molecule has 0 N–H and O–H groups in total. The Labute approximate surface area is 176 Å². The molecule has 2 nitrogen and oxygen atoms in total. The zero-order valence-electron chi connectivity index (χ0n) is 19.1. The Kier molecular flexibility index (Phi) is 5.38. The van der Waals surface area contributed by atoms with Crippen molar-refractivity contribution < 1.29 is 9.47 Å². The molecule has 4 rings (SSSR count). The summed E-state index contributed by atoms with van der Waals surface area (Å²) in [7, 11) is 0. The SMILES string of the molecule is Cc1ccc2c(c1)C(CCC(C)C1OC(C)c3c(C)cccc31)O[C@H]2C(C)(C)C. The number of hydrogen-bond donors (Lipinski definition) is 0. The number of benzene rings is 2. The lowest BCUT2D eigenvalue weighted by molar-refractivity contribution is -0.0575. The summed E-state index contributed by atoms with van der Waals surface area (Å²) in [5.74, 6) is 0.464. The van der Waals surface area contributed by atoms with Crippen molar-refractivity contribution in [3.8, 4) is 0 Å². The van der Waals surface area contributed by atoms with Crippen LogP contribution in [0.5, 0.6) is 0 Å². The monoisotopic (exact) mass is 392 g/mol. The van der Waals surface area contributed by atoms with Crippen molar-refractivity contribution in [1.82, 2.24) is 0 Å². The van der Waals surface area contributed by atoms with Crippen LogP contribution in [0.3, 0.4) is 0 Å². The highest BCUT2D eigenvalue weighted by Gasteiger charge is 2.39. The predicted octanol–water partition coefficient (Wildman–Crippen LogP) is 7.71. The number of hydrogen-bond acceptors (Lipinski definition) is 2. The summed E-state index contributed by atoms with van der Waals surface area (Å²) in [6, 6.07) is 13.5. The smallest absolute Gasteiger partial charge is 0.0885 e. The molecule has 0 aliphatic carbocycles. The molecule has 0 radical (unpaired) electrons. The fraction of sp³-hybridized carbons (Fsp3) is 0.556. The fourth-order valence-electron chi connectivity index (χ4n) is 5.29. The fourth-order valence-corrected chi connectivity index (χ4v) is 5.29. The quantitative estimate of drug-likeness (QED) is 0.530. The Bertz CT molecular complexity index is 892. The average Bonchev–Trinajstić information content (AvgIpc) is 3.18. The van der Waals surface area contributed by atoms with E-state index in [2.05, 4.69) is 84.9 Å². The van der Waals surface area contributed by atoms with Crippen LogP contribution in [-0.4, -0.2) is 0 Å². The summed E-state index contributed by atoms with van der Waals surface area (Å²) >= 11 is 0. The lowest BCUT2D eigenvalue weighted by Crippen LogP contribution is -2.18. The Morgan fingerprint density at radius 3 is 2.45 bits per heavy atom. The molecule has 2 heteroatoms. The zero-order chi connectivity index (χ0) is 20.9. The maximum atomic E-state index is 6.63. The van der Waals surface area contributed by atoms with Crippen molar-refractivity contribution in [3.05, 3.63) is 69.8 Å². The van der Waals surface area contributed by atoms with E-state index in [1.165, 1.54) is 33.4 Å². The Morgan fingerprint density at radius 1 is 0.966 bits per heavy atom. The normalized spacial score (nSPS) is 27.0. The minimum atomic E-state index is 0.102. The van der Waals surface area contributed by atoms with E-state index in [-0.39, 0.29) is 29.8 Å². The number of fused-ring (bicyclic) bond motifs is 2. The molecule has 0 fully saturated rings. The standard InChI is InChI=1S/C27H36O2/c1-16-11-13-20-22(15-16)23(29-26(20)27(5,6)7)14-12-18(3)25-21-10-8-9-17(2)24(21)19(4)28-25/h8-11,13,15,18-19,23,25-26H,12,14H2,1-7H3/t18?,19?,23?,25?,26-/m1/s1. The molecule has 2 aromatic rings. The van der Waals surface area contributed by atoms with Crippen LogP contribution in [0.4, 0.5) is 0 Å². The van der Waals surface area contributed by atoms with Gasteiger partial charge in [0.05, 0.1) is 24.4 Å². The summed E-state index contributed by atoms with van der Waals surface area (Å²) in [5, 5.41) is 0. The van der Waals surface area contributed by atoms with Crippen molar-refractivity contribution in [2.45, 2.75) is 85.7 Å². The molecule has 4 unspecified atom stereocenters. The first-order chi connectivity index (χ1) is 13.7. The van der Waals surface area contributed by atoms with E-state index in [1.807, 2.05) is 0 Å².